The fraction of sp³-hybridized carbons (Fsp3) is 0.462. The van der Waals surface area contributed by atoms with E-state index in [0.29, 0.717) is 5.92 Å². The van der Waals surface area contributed by atoms with Crippen LogP contribution in [0.2, 0.25) is 0 Å². The maximum Gasteiger partial charge on any atom is 0.113 e. The van der Waals surface area contributed by atoms with Gasteiger partial charge in [0.05, 0.1) is 6.61 Å². The fourth-order valence-electron chi connectivity index (χ4n) is 1.57. The number of hydrogen-bond donors (Lipinski definition) is 0. The first kappa shape index (κ1) is 10.2. The molecule has 1 atom stereocenters. The van der Waals surface area contributed by atoms with Crippen molar-refractivity contribution in [2.24, 2.45) is 5.92 Å². The Morgan fingerprint density at radius 1 is 1.47 bits per heavy atom. The average molecular weight is 201 g/mol. The quantitative estimate of drug-likeness (QED) is 0.600. The van der Waals surface area contributed by atoms with Gasteiger partial charge in [-0.3, -0.25) is 0 Å². The lowest BCUT2D eigenvalue weighted by Crippen LogP contribution is -2.15. The van der Waals surface area contributed by atoms with Gasteiger partial charge < -0.3 is 4.74 Å². The summed E-state index contributed by atoms with van der Waals surface area (Å²) in [5.41, 5.74) is 2.02. The molecule has 78 valence electrons. The summed E-state index contributed by atoms with van der Waals surface area (Å²) in [6, 6.07) is 4.00. The summed E-state index contributed by atoms with van der Waals surface area (Å²) in [4.78, 5) is 4.25. The van der Waals surface area contributed by atoms with Gasteiger partial charge in [-0.2, -0.15) is 0 Å². The molecule has 1 aliphatic rings. The van der Waals surface area contributed by atoms with Crippen molar-refractivity contribution in [3.63, 3.8) is 0 Å². The zero-order chi connectivity index (χ0) is 10.5. The molecule has 2 rings (SSSR count). The van der Waals surface area contributed by atoms with Crippen molar-refractivity contribution in [2.45, 2.75) is 19.8 Å². The average Bonchev–Trinajstić information content (AvgIpc) is 2.30. The predicted octanol–water partition coefficient (Wildman–Crippen LogP) is 2.17. The fourth-order valence-corrected chi connectivity index (χ4v) is 1.57. The van der Waals surface area contributed by atoms with E-state index in [1.54, 1.807) is 0 Å². The van der Waals surface area contributed by atoms with Crippen LogP contribution < -0.4 is 0 Å². The minimum atomic E-state index is 0.391. The van der Waals surface area contributed by atoms with Crippen LogP contribution in [0.1, 0.15) is 24.1 Å². The Morgan fingerprint density at radius 2 is 2.40 bits per heavy atom. The minimum absolute atomic E-state index is 0.391. The molecule has 2 heterocycles. The summed E-state index contributed by atoms with van der Waals surface area (Å²) >= 11 is 0. The number of ether oxygens (including phenoxy) is 1. The highest BCUT2D eigenvalue weighted by Crippen LogP contribution is 2.12. The molecule has 2 nitrogen and oxygen atoms in total. The maximum atomic E-state index is 5.37. The van der Waals surface area contributed by atoms with E-state index in [1.165, 1.54) is 5.56 Å². The standard InChI is InChI=1S/C13H15NO/c1-11-4-6-13(14-9-11)7-5-12-3-2-8-15-10-12/h4,6,9,12H,2-3,8,10H2,1H3. The maximum absolute atomic E-state index is 5.37. The van der Waals surface area contributed by atoms with Crippen LogP contribution in [0.3, 0.4) is 0 Å². The van der Waals surface area contributed by atoms with E-state index >= 15 is 0 Å². The summed E-state index contributed by atoms with van der Waals surface area (Å²) in [5.74, 6) is 6.71. The molecular weight excluding hydrogens is 186 g/mol. The van der Waals surface area contributed by atoms with Gasteiger partial charge in [0.2, 0.25) is 0 Å². The van der Waals surface area contributed by atoms with Gasteiger partial charge in [0, 0.05) is 18.7 Å². The number of hydrogen-bond acceptors (Lipinski definition) is 2. The number of rotatable bonds is 0. The van der Waals surface area contributed by atoms with Crippen LogP contribution in [-0.2, 0) is 4.74 Å². The van der Waals surface area contributed by atoms with Crippen LogP contribution in [0.5, 0.6) is 0 Å². The molecular formula is C13H15NO. The first-order valence-electron chi connectivity index (χ1n) is 5.36. The first-order valence-corrected chi connectivity index (χ1v) is 5.36. The Bertz CT molecular complexity index is 366. The van der Waals surface area contributed by atoms with Crippen molar-refractivity contribution in [3.05, 3.63) is 29.6 Å². The third-order valence-electron chi connectivity index (χ3n) is 2.48. The molecule has 0 spiro atoms. The summed E-state index contributed by atoms with van der Waals surface area (Å²) in [7, 11) is 0. The minimum Gasteiger partial charge on any atom is -0.380 e. The van der Waals surface area contributed by atoms with Gasteiger partial charge in [-0.25, -0.2) is 4.98 Å². The van der Waals surface area contributed by atoms with Crippen LogP contribution in [-0.4, -0.2) is 18.2 Å². The van der Waals surface area contributed by atoms with Crippen LogP contribution in [0.25, 0.3) is 0 Å². The first-order chi connectivity index (χ1) is 7.34. The SMILES string of the molecule is Cc1ccc(C#CC2CCCOC2)nc1. The monoisotopic (exact) mass is 201 g/mol. The van der Waals surface area contributed by atoms with Crippen molar-refractivity contribution < 1.29 is 4.74 Å². The lowest BCUT2D eigenvalue weighted by Gasteiger charge is -2.16. The smallest absolute Gasteiger partial charge is 0.113 e. The lowest BCUT2D eigenvalue weighted by atomic mass is 10.0. The third-order valence-corrected chi connectivity index (χ3v) is 2.48. The van der Waals surface area contributed by atoms with Crippen LogP contribution in [0.15, 0.2) is 18.3 Å². The molecule has 0 aromatic carbocycles. The zero-order valence-corrected chi connectivity index (χ0v) is 8.99. The summed E-state index contributed by atoms with van der Waals surface area (Å²) in [6.45, 7) is 3.69. The van der Waals surface area contributed by atoms with E-state index in [1.807, 2.05) is 25.3 Å². The second-order valence-corrected chi connectivity index (χ2v) is 3.90. The summed E-state index contributed by atoms with van der Waals surface area (Å²) in [6.07, 6.45) is 4.13. The van der Waals surface area contributed by atoms with Gasteiger partial charge in [0.15, 0.2) is 0 Å². The molecule has 1 aromatic rings. The van der Waals surface area contributed by atoms with E-state index in [9.17, 15) is 0 Å². The second kappa shape index (κ2) is 4.95. The molecule has 15 heavy (non-hydrogen) atoms. The van der Waals surface area contributed by atoms with Crippen LogP contribution >= 0.6 is 0 Å². The highest BCUT2D eigenvalue weighted by Gasteiger charge is 2.10. The molecule has 2 heteroatoms. The van der Waals surface area contributed by atoms with E-state index in [0.717, 1.165) is 31.7 Å². The molecule has 1 unspecified atom stereocenters. The molecule has 0 bridgehead atoms. The molecule has 0 aliphatic carbocycles. The van der Waals surface area contributed by atoms with Gasteiger partial charge >= 0.3 is 0 Å². The number of aryl methyl sites for hydroxylation is 1. The topological polar surface area (TPSA) is 22.1 Å². The predicted molar refractivity (Wildman–Crippen MR) is 59.4 cm³/mol. The molecule has 0 amide bonds. The molecule has 1 aromatic heterocycles. The Labute approximate surface area is 90.7 Å². The van der Waals surface area contributed by atoms with Crippen molar-refractivity contribution in [2.75, 3.05) is 13.2 Å². The van der Waals surface area contributed by atoms with Crippen molar-refractivity contribution in [3.8, 4) is 11.8 Å². The number of pyridine rings is 1. The largest absolute Gasteiger partial charge is 0.380 e. The summed E-state index contributed by atoms with van der Waals surface area (Å²) in [5, 5.41) is 0. The lowest BCUT2D eigenvalue weighted by molar-refractivity contribution is 0.0740. The highest BCUT2D eigenvalue weighted by molar-refractivity contribution is 5.29. The van der Waals surface area contributed by atoms with Crippen LogP contribution in [0, 0.1) is 24.7 Å². The molecule has 0 radical (unpaired) electrons. The van der Waals surface area contributed by atoms with Crippen molar-refractivity contribution in [1.82, 2.24) is 4.98 Å². The zero-order valence-electron chi connectivity index (χ0n) is 8.99. The highest BCUT2D eigenvalue weighted by atomic mass is 16.5. The molecule has 1 aliphatic heterocycles. The Morgan fingerprint density at radius 3 is 3.07 bits per heavy atom. The molecule has 1 saturated heterocycles. The van der Waals surface area contributed by atoms with E-state index in [-0.39, 0.29) is 0 Å². The van der Waals surface area contributed by atoms with Crippen LogP contribution in [0.4, 0.5) is 0 Å². The second-order valence-electron chi connectivity index (χ2n) is 3.90. The number of nitrogens with zero attached hydrogens (tertiary/aromatic N) is 1. The Hall–Kier alpha value is -1.33. The van der Waals surface area contributed by atoms with Gasteiger partial charge in [-0.15, -0.1) is 0 Å². The van der Waals surface area contributed by atoms with Gasteiger partial charge in [-0.1, -0.05) is 12.0 Å². The van der Waals surface area contributed by atoms with Crippen molar-refractivity contribution >= 4 is 0 Å². The van der Waals surface area contributed by atoms with E-state index in [4.69, 9.17) is 4.74 Å². The normalized spacial score (nSPS) is 20.5. The van der Waals surface area contributed by atoms with Gasteiger partial charge in [0.1, 0.15) is 5.69 Å². The molecule has 1 fully saturated rings. The Balaban J connectivity index is 2.00. The molecule has 0 saturated carbocycles. The van der Waals surface area contributed by atoms with Gasteiger partial charge in [0.25, 0.3) is 0 Å². The third kappa shape index (κ3) is 3.07. The summed E-state index contributed by atoms with van der Waals surface area (Å²) < 4.78 is 5.37. The van der Waals surface area contributed by atoms with E-state index in [2.05, 4.69) is 16.8 Å². The van der Waals surface area contributed by atoms with Crippen molar-refractivity contribution in [1.29, 1.82) is 0 Å². The number of aromatic nitrogens is 1. The van der Waals surface area contributed by atoms with E-state index < -0.39 is 0 Å². The Kier molecular flexibility index (Phi) is 3.37. The molecule has 0 N–H and O–H groups in total. The van der Waals surface area contributed by atoms with Gasteiger partial charge in [-0.05, 0) is 37.3 Å².